The number of aliphatic hydroxyl groups is 1. The third kappa shape index (κ3) is 4.10. The fraction of sp³-hybridized carbons (Fsp3) is 0.917. The van der Waals surface area contributed by atoms with Crippen LogP contribution in [0, 0.1) is 5.92 Å². The molecule has 1 amide bonds. The van der Waals surface area contributed by atoms with E-state index in [1.54, 1.807) is 0 Å². The van der Waals surface area contributed by atoms with Crippen LogP contribution < -0.4 is 11.1 Å². The number of carbonyl (C=O) groups is 1. The van der Waals surface area contributed by atoms with E-state index in [4.69, 9.17) is 5.73 Å². The number of nitrogens with two attached hydrogens (primary N) is 1. The molecule has 3 atom stereocenters. The molecular weight excluding hydrogens is 204 g/mol. The number of nitrogens with one attached hydrogen (secondary N) is 1. The normalized spacial score (nSPS) is 27.4. The summed E-state index contributed by atoms with van der Waals surface area (Å²) in [5.74, 6) is 0.295. The molecule has 16 heavy (non-hydrogen) atoms. The fourth-order valence-electron chi connectivity index (χ4n) is 2.20. The third-order valence-electron chi connectivity index (χ3n) is 3.46. The maximum Gasteiger partial charge on any atom is 0.220 e. The Morgan fingerprint density at radius 3 is 2.75 bits per heavy atom. The van der Waals surface area contributed by atoms with Gasteiger partial charge in [0.15, 0.2) is 0 Å². The zero-order valence-electron chi connectivity index (χ0n) is 10.1. The Kier molecular flexibility index (Phi) is 5.77. The summed E-state index contributed by atoms with van der Waals surface area (Å²) in [5.41, 5.74) is 5.56. The summed E-state index contributed by atoms with van der Waals surface area (Å²) in [6.45, 7) is 2.59. The van der Waals surface area contributed by atoms with Crippen LogP contribution in [0.25, 0.3) is 0 Å². The highest BCUT2D eigenvalue weighted by molar-refractivity contribution is 5.76. The predicted octanol–water partition coefficient (Wildman–Crippen LogP) is 0.781. The molecule has 94 valence electrons. The van der Waals surface area contributed by atoms with Crippen molar-refractivity contribution in [1.29, 1.82) is 0 Å². The van der Waals surface area contributed by atoms with Crippen LogP contribution in [-0.2, 0) is 4.79 Å². The van der Waals surface area contributed by atoms with E-state index in [0.717, 1.165) is 32.1 Å². The van der Waals surface area contributed by atoms with Crippen molar-refractivity contribution in [2.75, 3.05) is 6.54 Å². The Morgan fingerprint density at radius 1 is 1.50 bits per heavy atom. The highest BCUT2D eigenvalue weighted by atomic mass is 16.3. The lowest BCUT2D eigenvalue weighted by Gasteiger charge is -2.28. The Hall–Kier alpha value is -0.610. The summed E-state index contributed by atoms with van der Waals surface area (Å²) in [4.78, 5) is 11.7. The number of aliphatic hydroxyl groups excluding tert-OH is 1. The smallest absolute Gasteiger partial charge is 0.220 e. The standard InChI is InChI=1S/C12H24N2O2/c1-2-9(8-13)7-12(16)14-10-5-3-4-6-11(10)15/h9-11,15H,2-8,13H2,1H3,(H,14,16)/t9?,10-,11-/m0/s1. The molecule has 1 aliphatic carbocycles. The summed E-state index contributed by atoms with van der Waals surface area (Å²) in [5, 5.41) is 12.7. The Bertz CT molecular complexity index is 217. The lowest BCUT2D eigenvalue weighted by molar-refractivity contribution is -0.123. The van der Waals surface area contributed by atoms with Crippen molar-refractivity contribution in [1.82, 2.24) is 5.32 Å². The van der Waals surface area contributed by atoms with Gasteiger partial charge in [-0.3, -0.25) is 4.79 Å². The van der Waals surface area contributed by atoms with Crippen molar-refractivity contribution in [3.8, 4) is 0 Å². The van der Waals surface area contributed by atoms with E-state index in [1.807, 2.05) is 6.92 Å². The maximum atomic E-state index is 11.7. The van der Waals surface area contributed by atoms with Crippen molar-refractivity contribution in [3.63, 3.8) is 0 Å². The Balaban J connectivity index is 2.32. The van der Waals surface area contributed by atoms with Crippen molar-refractivity contribution < 1.29 is 9.90 Å². The van der Waals surface area contributed by atoms with Crippen LogP contribution in [0.5, 0.6) is 0 Å². The van der Waals surface area contributed by atoms with Crippen molar-refractivity contribution in [2.45, 2.75) is 57.6 Å². The summed E-state index contributed by atoms with van der Waals surface area (Å²) >= 11 is 0. The van der Waals surface area contributed by atoms with Gasteiger partial charge in [-0.15, -0.1) is 0 Å². The number of amides is 1. The van der Waals surface area contributed by atoms with Crippen LogP contribution >= 0.6 is 0 Å². The van der Waals surface area contributed by atoms with Gasteiger partial charge in [0, 0.05) is 6.42 Å². The third-order valence-corrected chi connectivity index (χ3v) is 3.46. The van der Waals surface area contributed by atoms with Gasteiger partial charge in [0.25, 0.3) is 0 Å². The largest absolute Gasteiger partial charge is 0.391 e. The number of rotatable bonds is 5. The molecule has 4 heteroatoms. The highest BCUT2D eigenvalue weighted by Gasteiger charge is 2.24. The molecule has 0 radical (unpaired) electrons. The number of hydrogen-bond acceptors (Lipinski definition) is 3. The second-order valence-corrected chi connectivity index (χ2v) is 4.74. The number of carbonyl (C=O) groups excluding carboxylic acids is 1. The van der Waals surface area contributed by atoms with E-state index in [0.29, 0.717) is 13.0 Å². The summed E-state index contributed by atoms with van der Waals surface area (Å²) in [6, 6.07) is -0.0449. The summed E-state index contributed by atoms with van der Waals surface area (Å²) in [6.07, 6.45) is 4.90. The fourth-order valence-corrected chi connectivity index (χ4v) is 2.20. The van der Waals surface area contributed by atoms with Crippen molar-refractivity contribution in [3.05, 3.63) is 0 Å². The van der Waals surface area contributed by atoms with E-state index >= 15 is 0 Å². The van der Waals surface area contributed by atoms with E-state index in [2.05, 4.69) is 5.32 Å². The maximum absolute atomic E-state index is 11.7. The van der Waals surface area contributed by atoms with Crippen molar-refractivity contribution >= 4 is 5.91 Å². The molecule has 0 bridgehead atoms. The van der Waals surface area contributed by atoms with Crippen LogP contribution in [0.2, 0.25) is 0 Å². The van der Waals surface area contributed by atoms with Gasteiger partial charge in [0.2, 0.25) is 5.91 Å². The summed E-state index contributed by atoms with van der Waals surface area (Å²) < 4.78 is 0. The van der Waals surface area contributed by atoms with Gasteiger partial charge >= 0.3 is 0 Å². The first-order valence-corrected chi connectivity index (χ1v) is 6.34. The molecule has 0 saturated heterocycles. The molecule has 0 heterocycles. The molecule has 1 aliphatic rings. The van der Waals surface area contributed by atoms with Crippen LogP contribution in [0.3, 0.4) is 0 Å². The van der Waals surface area contributed by atoms with Crippen LogP contribution in [-0.4, -0.2) is 29.7 Å². The molecule has 0 aromatic heterocycles. The average Bonchev–Trinajstić information content (AvgIpc) is 2.29. The van der Waals surface area contributed by atoms with E-state index < -0.39 is 0 Å². The lowest BCUT2D eigenvalue weighted by atomic mass is 9.92. The second-order valence-electron chi connectivity index (χ2n) is 4.74. The molecule has 4 N–H and O–H groups in total. The zero-order chi connectivity index (χ0) is 12.0. The van der Waals surface area contributed by atoms with E-state index in [9.17, 15) is 9.90 Å². The van der Waals surface area contributed by atoms with Gasteiger partial charge in [0.1, 0.15) is 0 Å². The van der Waals surface area contributed by atoms with Gasteiger partial charge in [-0.05, 0) is 25.3 Å². The molecule has 1 rings (SSSR count). The average molecular weight is 228 g/mol. The quantitative estimate of drug-likeness (QED) is 0.651. The first-order chi connectivity index (χ1) is 7.67. The first kappa shape index (κ1) is 13.5. The molecule has 1 unspecified atom stereocenters. The highest BCUT2D eigenvalue weighted by Crippen LogP contribution is 2.18. The van der Waals surface area contributed by atoms with Crippen LogP contribution in [0.1, 0.15) is 45.4 Å². The van der Waals surface area contributed by atoms with Crippen LogP contribution in [0.15, 0.2) is 0 Å². The second kappa shape index (κ2) is 6.86. The van der Waals surface area contributed by atoms with Gasteiger partial charge in [-0.2, -0.15) is 0 Å². The molecule has 0 aromatic rings. The van der Waals surface area contributed by atoms with Crippen LogP contribution in [0.4, 0.5) is 0 Å². The molecule has 4 nitrogen and oxygen atoms in total. The van der Waals surface area contributed by atoms with Gasteiger partial charge in [-0.1, -0.05) is 26.2 Å². The molecule has 0 aromatic carbocycles. The monoisotopic (exact) mass is 228 g/mol. The lowest BCUT2D eigenvalue weighted by Crippen LogP contribution is -2.45. The molecule has 0 aliphatic heterocycles. The molecule has 1 fully saturated rings. The van der Waals surface area contributed by atoms with Gasteiger partial charge < -0.3 is 16.2 Å². The van der Waals surface area contributed by atoms with E-state index in [-0.39, 0.29) is 24.0 Å². The first-order valence-electron chi connectivity index (χ1n) is 6.34. The molecular formula is C12H24N2O2. The Labute approximate surface area is 97.6 Å². The van der Waals surface area contributed by atoms with Crippen molar-refractivity contribution in [2.24, 2.45) is 11.7 Å². The zero-order valence-corrected chi connectivity index (χ0v) is 10.1. The number of hydrogen-bond donors (Lipinski definition) is 3. The minimum Gasteiger partial charge on any atom is -0.391 e. The predicted molar refractivity (Wildman–Crippen MR) is 63.9 cm³/mol. The minimum atomic E-state index is -0.365. The van der Waals surface area contributed by atoms with E-state index in [1.165, 1.54) is 0 Å². The molecule has 0 spiro atoms. The summed E-state index contributed by atoms with van der Waals surface area (Å²) in [7, 11) is 0. The minimum absolute atomic E-state index is 0.0308. The topological polar surface area (TPSA) is 75.4 Å². The van der Waals surface area contributed by atoms with Gasteiger partial charge in [0.05, 0.1) is 12.1 Å². The Morgan fingerprint density at radius 2 is 2.19 bits per heavy atom. The SMILES string of the molecule is CCC(CN)CC(=O)N[C@H]1CCCC[C@@H]1O. The van der Waals surface area contributed by atoms with Gasteiger partial charge in [-0.25, -0.2) is 0 Å². The molecule has 1 saturated carbocycles.